The Morgan fingerprint density at radius 2 is 1.83 bits per heavy atom. The number of ether oxygens (including phenoxy) is 1. The van der Waals surface area contributed by atoms with Crippen LogP contribution in [0.2, 0.25) is 0 Å². The van der Waals surface area contributed by atoms with E-state index in [-0.39, 0.29) is 18.9 Å². The summed E-state index contributed by atoms with van der Waals surface area (Å²) in [5, 5.41) is 0. The van der Waals surface area contributed by atoms with Crippen LogP contribution in [-0.4, -0.2) is 32.9 Å². The average molecular weight is 337 g/mol. The van der Waals surface area contributed by atoms with Crippen LogP contribution in [0.4, 0.5) is 4.39 Å². The zero-order valence-corrected chi connectivity index (χ0v) is 14.0. The van der Waals surface area contributed by atoms with E-state index in [1.54, 1.807) is 6.07 Å². The molecule has 4 nitrogen and oxygen atoms in total. The molecule has 0 bridgehead atoms. The van der Waals surface area contributed by atoms with Crippen molar-refractivity contribution in [3.05, 3.63) is 65.5 Å². The molecule has 124 valence electrons. The molecule has 0 N–H and O–H groups in total. The molecule has 0 amide bonds. The Morgan fingerprint density at radius 1 is 1.13 bits per heavy atom. The lowest BCUT2D eigenvalue weighted by Gasteiger charge is -2.17. The highest BCUT2D eigenvalue weighted by atomic mass is 32.2. The molecular weight excluding hydrogens is 317 g/mol. The van der Waals surface area contributed by atoms with Crippen molar-refractivity contribution in [1.82, 2.24) is 4.31 Å². The number of likely N-dealkylation sites (N-methyl/N-ethyl adjacent to an activating group) is 1. The van der Waals surface area contributed by atoms with E-state index in [0.29, 0.717) is 11.3 Å². The minimum atomic E-state index is -3.50. The minimum Gasteiger partial charge on any atom is -0.492 e. The molecule has 2 aromatic rings. The molecule has 0 saturated heterocycles. The van der Waals surface area contributed by atoms with Gasteiger partial charge < -0.3 is 4.74 Å². The van der Waals surface area contributed by atoms with Gasteiger partial charge in [-0.1, -0.05) is 29.8 Å². The first-order valence-corrected chi connectivity index (χ1v) is 8.86. The molecular formula is C17H20FNO3S. The number of nitrogens with zero attached hydrogens (tertiary/aromatic N) is 1. The zero-order chi connectivity index (χ0) is 16.9. The number of aryl methyl sites for hydroxylation is 1. The van der Waals surface area contributed by atoms with Crippen LogP contribution in [-0.2, 0) is 15.8 Å². The Bertz CT molecular complexity index is 745. The first kappa shape index (κ1) is 17.4. The number of hydrogen-bond acceptors (Lipinski definition) is 3. The van der Waals surface area contributed by atoms with Crippen LogP contribution in [0, 0.1) is 12.7 Å². The number of hydrogen-bond donors (Lipinski definition) is 0. The van der Waals surface area contributed by atoms with Crippen molar-refractivity contribution >= 4 is 10.0 Å². The van der Waals surface area contributed by atoms with Crippen LogP contribution in [0.25, 0.3) is 0 Å². The molecule has 23 heavy (non-hydrogen) atoms. The highest BCUT2D eigenvalue weighted by Gasteiger charge is 2.18. The summed E-state index contributed by atoms with van der Waals surface area (Å²) in [6.45, 7) is 2.46. The Morgan fingerprint density at radius 3 is 2.48 bits per heavy atom. The Balaban J connectivity index is 1.88. The van der Waals surface area contributed by atoms with Crippen LogP contribution < -0.4 is 4.74 Å². The fraction of sp³-hybridized carbons (Fsp3) is 0.294. The van der Waals surface area contributed by atoms with E-state index in [4.69, 9.17) is 4.74 Å². The molecule has 2 aromatic carbocycles. The van der Waals surface area contributed by atoms with Crippen molar-refractivity contribution in [2.24, 2.45) is 0 Å². The monoisotopic (exact) mass is 337 g/mol. The Kier molecular flexibility index (Phi) is 5.74. The molecule has 0 saturated carbocycles. The van der Waals surface area contributed by atoms with Gasteiger partial charge in [-0.05, 0) is 36.8 Å². The second-order valence-electron chi connectivity index (χ2n) is 5.37. The molecule has 0 aliphatic heterocycles. The maximum Gasteiger partial charge on any atom is 0.218 e. The number of halogens is 1. The van der Waals surface area contributed by atoms with Crippen molar-refractivity contribution in [3.8, 4) is 5.75 Å². The van der Waals surface area contributed by atoms with Crippen molar-refractivity contribution in [3.63, 3.8) is 0 Å². The van der Waals surface area contributed by atoms with Crippen molar-refractivity contribution in [2.45, 2.75) is 12.7 Å². The van der Waals surface area contributed by atoms with Gasteiger partial charge >= 0.3 is 0 Å². The molecule has 0 radical (unpaired) electrons. The van der Waals surface area contributed by atoms with E-state index in [2.05, 4.69) is 0 Å². The standard InChI is InChI=1S/C17H20FNO3S/c1-14-6-8-17(9-7-14)22-11-10-19(2)23(20,21)13-15-4-3-5-16(18)12-15/h3-9,12H,10-11,13H2,1-2H3. The van der Waals surface area contributed by atoms with E-state index in [0.717, 1.165) is 5.56 Å². The van der Waals surface area contributed by atoms with E-state index in [9.17, 15) is 12.8 Å². The second-order valence-corrected chi connectivity index (χ2v) is 7.45. The van der Waals surface area contributed by atoms with Gasteiger partial charge in [-0.2, -0.15) is 0 Å². The average Bonchev–Trinajstić information content (AvgIpc) is 2.48. The lowest BCUT2D eigenvalue weighted by atomic mass is 10.2. The van der Waals surface area contributed by atoms with E-state index in [1.807, 2.05) is 31.2 Å². The summed E-state index contributed by atoms with van der Waals surface area (Å²) < 4.78 is 44.4. The summed E-state index contributed by atoms with van der Waals surface area (Å²) in [7, 11) is -2.01. The second kappa shape index (κ2) is 7.57. The van der Waals surface area contributed by atoms with Gasteiger partial charge in [0.2, 0.25) is 10.0 Å². The normalized spacial score (nSPS) is 11.7. The minimum absolute atomic E-state index is 0.228. The van der Waals surface area contributed by atoms with Gasteiger partial charge in [0, 0.05) is 13.6 Å². The Hall–Kier alpha value is -1.92. The maximum atomic E-state index is 13.1. The van der Waals surface area contributed by atoms with Gasteiger partial charge in [0.25, 0.3) is 0 Å². The smallest absolute Gasteiger partial charge is 0.218 e. The third-order valence-corrected chi connectivity index (χ3v) is 5.24. The van der Waals surface area contributed by atoms with Crippen LogP contribution in [0.15, 0.2) is 48.5 Å². The molecule has 0 fully saturated rings. The summed E-state index contributed by atoms with van der Waals surface area (Å²) >= 11 is 0. The van der Waals surface area contributed by atoms with Crippen molar-refractivity contribution < 1.29 is 17.5 Å². The number of sulfonamides is 1. The molecule has 6 heteroatoms. The third-order valence-electron chi connectivity index (χ3n) is 3.41. The number of rotatable bonds is 7. The molecule has 0 aromatic heterocycles. The first-order chi connectivity index (χ1) is 10.9. The zero-order valence-electron chi connectivity index (χ0n) is 13.2. The molecule has 0 heterocycles. The quantitative estimate of drug-likeness (QED) is 0.780. The molecule has 0 aliphatic rings. The van der Waals surface area contributed by atoms with Gasteiger partial charge in [0.1, 0.15) is 18.2 Å². The van der Waals surface area contributed by atoms with Crippen LogP contribution in [0.3, 0.4) is 0 Å². The summed E-state index contributed by atoms with van der Waals surface area (Å²) in [4.78, 5) is 0. The summed E-state index contributed by atoms with van der Waals surface area (Å²) in [5.74, 6) is 0.0285. The van der Waals surface area contributed by atoms with Gasteiger partial charge in [-0.25, -0.2) is 17.1 Å². The summed E-state index contributed by atoms with van der Waals surface area (Å²) in [5.41, 5.74) is 1.56. The predicted molar refractivity (Wildman–Crippen MR) is 88.3 cm³/mol. The molecule has 0 unspecified atom stereocenters. The predicted octanol–water partition coefficient (Wildman–Crippen LogP) is 2.97. The lowest BCUT2D eigenvalue weighted by molar-refractivity contribution is 0.286. The fourth-order valence-corrected chi connectivity index (χ4v) is 3.19. The van der Waals surface area contributed by atoms with E-state index in [1.165, 1.54) is 29.6 Å². The van der Waals surface area contributed by atoms with E-state index >= 15 is 0 Å². The van der Waals surface area contributed by atoms with Gasteiger partial charge in [-0.3, -0.25) is 0 Å². The van der Waals surface area contributed by atoms with Gasteiger partial charge in [0.05, 0.1) is 5.75 Å². The van der Waals surface area contributed by atoms with Crippen LogP contribution in [0.1, 0.15) is 11.1 Å². The maximum absolute atomic E-state index is 13.1. The molecule has 0 atom stereocenters. The first-order valence-electron chi connectivity index (χ1n) is 7.25. The summed E-state index contributed by atoms with van der Waals surface area (Å²) in [6, 6.07) is 13.2. The van der Waals surface area contributed by atoms with Crippen molar-refractivity contribution in [2.75, 3.05) is 20.2 Å². The SMILES string of the molecule is Cc1ccc(OCCN(C)S(=O)(=O)Cc2cccc(F)c2)cc1. The van der Waals surface area contributed by atoms with Crippen LogP contribution >= 0.6 is 0 Å². The van der Waals surface area contributed by atoms with Gasteiger partial charge in [-0.15, -0.1) is 0 Å². The van der Waals surface area contributed by atoms with Crippen LogP contribution in [0.5, 0.6) is 5.75 Å². The molecule has 0 aliphatic carbocycles. The fourth-order valence-electron chi connectivity index (χ4n) is 2.01. The van der Waals surface area contributed by atoms with E-state index < -0.39 is 15.8 Å². The highest BCUT2D eigenvalue weighted by Crippen LogP contribution is 2.13. The van der Waals surface area contributed by atoms with Crippen molar-refractivity contribution in [1.29, 1.82) is 0 Å². The molecule has 0 spiro atoms. The lowest BCUT2D eigenvalue weighted by Crippen LogP contribution is -2.32. The Labute approximate surface area is 136 Å². The largest absolute Gasteiger partial charge is 0.492 e. The highest BCUT2D eigenvalue weighted by molar-refractivity contribution is 7.88. The topological polar surface area (TPSA) is 46.6 Å². The van der Waals surface area contributed by atoms with Gasteiger partial charge in [0.15, 0.2) is 0 Å². The third kappa shape index (κ3) is 5.33. The summed E-state index contributed by atoms with van der Waals surface area (Å²) in [6.07, 6.45) is 0. The number of benzene rings is 2. The molecule has 2 rings (SSSR count).